The standard InChI is InChI=1S/C18H20N2O6/c1-6-10-14(12(9-19-26-5)20-15(10)18(21)22)11-7-8-13(23-2)17(25-4)16(11)24-3/h6-9,20H,1H2,2-5H3,(H,21,22). The summed E-state index contributed by atoms with van der Waals surface area (Å²) in [5.74, 6) is 0.125. The number of aromatic amines is 1. The number of aromatic nitrogens is 1. The number of hydrogen-bond donors (Lipinski definition) is 2. The van der Waals surface area contributed by atoms with Gasteiger partial charge >= 0.3 is 5.97 Å². The average Bonchev–Trinajstić information content (AvgIpc) is 3.03. The molecule has 26 heavy (non-hydrogen) atoms. The molecule has 0 radical (unpaired) electrons. The van der Waals surface area contributed by atoms with E-state index in [2.05, 4.69) is 16.7 Å². The van der Waals surface area contributed by atoms with Gasteiger partial charge < -0.3 is 29.1 Å². The summed E-state index contributed by atoms with van der Waals surface area (Å²) in [4.78, 5) is 19.1. The molecule has 1 aromatic heterocycles. The minimum Gasteiger partial charge on any atom is -0.493 e. The summed E-state index contributed by atoms with van der Waals surface area (Å²) >= 11 is 0. The van der Waals surface area contributed by atoms with Gasteiger partial charge in [0.2, 0.25) is 5.75 Å². The highest BCUT2D eigenvalue weighted by atomic mass is 16.6. The van der Waals surface area contributed by atoms with Crippen molar-refractivity contribution < 1.29 is 28.9 Å². The van der Waals surface area contributed by atoms with Gasteiger partial charge in [-0.25, -0.2) is 4.79 Å². The van der Waals surface area contributed by atoms with Crippen molar-refractivity contribution in [3.63, 3.8) is 0 Å². The van der Waals surface area contributed by atoms with Crippen molar-refractivity contribution in [2.75, 3.05) is 28.4 Å². The largest absolute Gasteiger partial charge is 0.493 e. The van der Waals surface area contributed by atoms with E-state index in [4.69, 9.17) is 19.0 Å². The van der Waals surface area contributed by atoms with Gasteiger partial charge in [0.05, 0.1) is 33.2 Å². The number of carboxylic acid groups (broad SMARTS) is 1. The Morgan fingerprint density at radius 2 is 1.85 bits per heavy atom. The van der Waals surface area contributed by atoms with Crippen LogP contribution in [0, 0.1) is 0 Å². The molecule has 0 unspecified atom stereocenters. The first-order chi connectivity index (χ1) is 12.5. The summed E-state index contributed by atoms with van der Waals surface area (Å²) < 4.78 is 16.2. The van der Waals surface area contributed by atoms with E-state index in [9.17, 15) is 9.90 Å². The van der Waals surface area contributed by atoms with Crippen LogP contribution in [0.2, 0.25) is 0 Å². The Bertz CT molecular complexity index is 854. The molecule has 0 spiro atoms. The third-order valence-electron chi connectivity index (χ3n) is 3.75. The minimum atomic E-state index is -1.13. The number of carboxylic acids is 1. The zero-order valence-corrected chi connectivity index (χ0v) is 15.0. The van der Waals surface area contributed by atoms with Crippen molar-refractivity contribution in [2.45, 2.75) is 0 Å². The van der Waals surface area contributed by atoms with E-state index in [1.807, 2.05) is 0 Å². The van der Waals surface area contributed by atoms with Gasteiger partial charge in [0.15, 0.2) is 11.5 Å². The molecule has 0 aliphatic rings. The number of benzene rings is 1. The number of nitrogens with one attached hydrogen (secondary N) is 1. The third-order valence-corrected chi connectivity index (χ3v) is 3.75. The summed E-state index contributed by atoms with van der Waals surface area (Å²) in [5, 5.41) is 13.2. The number of carbonyl (C=O) groups is 1. The molecular weight excluding hydrogens is 340 g/mol. The van der Waals surface area contributed by atoms with E-state index in [1.54, 1.807) is 12.1 Å². The quantitative estimate of drug-likeness (QED) is 0.554. The van der Waals surface area contributed by atoms with Crippen LogP contribution in [0.4, 0.5) is 0 Å². The van der Waals surface area contributed by atoms with Gasteiger partial charge in [0.25, 0.3) is 0 Å². The Kier molecular flexibility index (Phi) is 5.90. The molecule has 0 aliphatic heterocycles. The van der Waals surface area contributed by atoms with E-state index >= 15 is 0 Å². The van der Waals surface area contributed by atoms with Crippen LogP contribution in [0.25, 0.3) is 17.2 Å². The topological polar surface area (TPSA) is 102 Å². The fourth-order valence-corrected chi connectivity index (χ4v) is 2.70. The van der Waals surface area contributed by atoms with Crippen molar-refractivity contribution in [2.24, 2.45) is 5.16 Å². The predicted octanol–water partition coefficient (Wildman–Crippen LogP) is 3.03. The Hall–Kier alpha value is -3.42. The van der Waals surface area contributed by atoms with Crippen LogP contribution in [0.5, 0.6) is 17.2 Å². The Balaban J connectivity index is 2.88. The molecular formula is C18H20N2O6. The number of methoxy groups -OCH3 is 3. The molecule has 0 saturated heterocycles. The molecule has 0 fully saturated rings. The van der Waals surface area contributed by atoms with Gasteiger partial charge in [-0.1, -0.05) is 17.8 Å². The molecule has 0 atom stereocenters. The highest BCUT2D eigenvalue weighted by Gasteiger charge is 2.25. The van der Waals surface area contributed by atoms with Crippen molar-refractivity contribution in [1.82, 2.24) is 4.98 Å². The highest BCUT2D eigenvalue weighted by molar-refractivity contribution is 6.02. The lowest BCUT2D eigenvalue weighted by atomic mass is 9.98. The van der Waals surface area contributed by atoms with Crippen molar-refractivity contribution in [3.8, 4) is 28.4 Å². The molecule has 0 amide bonds. The van der Waals surface area contributed by atoms with Crippen LogP contribution < -0.4 is 14.2 Å². The summed E-state index contributed by atoms with van der Waals surface area (Å²) in [6.45, 7) is 3.73. The molecule has 0 saturated carbocycles. The summed E-state index contributed by atoms with van der Waals surface area (Å²) in [6, 6.07) is 3.44. The predicted molar refractivity (Wildman–Crippen MR) is 97.5 cm³/mol. The number of rotatable bonds is 8. The zero-order chi connectivity index (χ0) is 19.3. The number of nitrogens with zero attached hydrogens (tertiary/aromatic N) is 1. The lowest BCUT2D eigenvalue weighted by Crippen LogP contribution is -1.99. The molecule has 0 bridgehead atoms. The maximum atomic E-state index is 11.6. The summed E-state index contributed by atoms with van der Waals surface area (Å²) in [6.07, 6.45) is 2.83. The summed E-state index contributed by atoms with van der Waals surface area (Å²) in [7, 11) is 5.89. The van der Waals surface area contributed by atoms with Gasteiger partial charge in [-0.05, 0) is 12.1 Å². The van der Waals surface area contributed by atoms with Gasteiger partial charge in [0.1, 0.15) is 12.8 Å². The van der Waals surface area contributed by atoms with E-state index in [0.717, 1.165) is 0 Å². The molecule has 2 N–H and O–H groups in total. The van der Waals surface area contributed by atoms with Gasteiger partial charge in [0, 0.05) is 16.7 Å². The second-order valence-corrected chi connectivity index (χ2v) is 5.01. The fourth-order valence-electron chi connectivity index (χ4n) is 2.70. The lowest BCUT2D eigenvalue weighted by molar-refractivity contribution is 0.0691. The molecule has 8 heteroatoms. The van der Waals surface area contributed by atoms with E-state index < -0.39 is 5.97 Å². The van der Waals surface area contributed by atoms with Gasteiger partial charge in [-0.15, -0.1) is 0 Å². The van der Waals surface area contributed by atoms with Crippen LogP contribution in [-0.4, -0.2) is 50.7 Å². The second kappa shape index (κ2) is 8.11. The van der Waals surface area contributed by atoms with Crippen molar-refractivity contribution >= 4 is 18.3 Å². The smallest absolute Gasteiger partial charge is 0.352 e. The Morgan fingerprint density at radius 3 is 2.35 bits per heavy atom. The molecule has 138 valence electrons. The first-order valence-electron chi connectivity index (χ1n) is 7.51. The monoisotopic (exact) mass is 360 g/mol. The Morgan fingerprint density at radius 1 is 1.15 bits per heavy atom. The average molecular weight is 360 g/mol. The number of aromatic carboxylic acids is 1. The lowest BCUT2D eigenvalue weighted by Gasteiger charge is -2.16. The fraction of sp³-hybridized carbons (Fsp3) is 0.222. The summed E-state index contributed by atoms with van der Waals surface area (Å²) in [5.41, 5.74) is 1.91. The molecule has 2 rings (SSSR count). The molecule has 1 heterocycles. The van der Waals surface area contributed by atoms with Gasteiger partial charge in [-0.3, -0.25) is 0 Å². The third kappa shape index (κ3) is 3.21. The highest BCUT2D eigenvalue weighted by Crippen LogP contribution is 2.46. The van der Waals surface area contributed by atoms with Crippen LogP contribution in [0.15, 0.2) is 23.9 Å². The van der Waals surface area contributed by atoms with E-state index in [0.29, 0.717) is 39.6 Å². The minimum absolute atomic E-state index is 0.0237. The van der Waals surface area contributed by atoms with Gasteiger partial charge in [-0.2, -0.15) is 0 Å². The number of H-pyrrole nitrogens is 1. The first-order valence-corrected chi connectivity index (χ1v) is 7.51. The molecule has 0 aliphatic carbocycles. The van der Waals surface area contributed by atoms with Crippen LogP contribution in [-0.2, 0) is 4.84 Å². The first kappa shape index (κ1) is 18.9. The Labute approximate surface area is 150 Å². The SMILES string of the molecule is C=Cc1c(C(=O)O)[nH]c(C=NOC)c1-c1ccc(OC)c(OC)c1OC. The number of oxime groups is 1. The van der Waals surface area contributed by atoms with E-state index in [-0.39, 0.29) is 5.69 Å². The molecule has 2 aromatic rings. The number of ether oxygens (including phenoxy) is 3. The maximum Gasteiger partial charge on any atom is 0.352 e. The van der Waals surface area contributed by atoms with Crippen molar-refractivity contribution in [1.29, 1.82) is 0 Å². The normalized spacial score (nSPS) is 10.6. The maximum absolute atomic E-state index is 11.6. The van der Waals surface area contributed by atoms with Crippen LogP contribution in [0.3, 0.4) is 0 Å². The number of hydrogen-bond acceptors (Lipinski definition) is 6. The van der Waals surface area contributed by atoms with Crippen LogP contribution >= 0.6 is 0 Å². The zero-order valence-electron chi connectivity index (χ0n) is 15.0. The van der Waals surface area contributed by atoms with Crippen LogP contribution in [0.1, 0.15) is 21.7 Å². The second-order valence-electron chi connectivity index (χ2n) is 5.01. The molecule has 8 nitrogen and oxygen atoms in total. The van der Waals surface area contributed by atoms with E-state index in [1.165, 1.54) is 40.7 Å². The molecule has 1 aromatic carbocycles. The van der Waals surface area contributed by atoms with Crippen molar-refractivity contribution in [3.05, 3.63) is 35.7 Å².